The average Bonchev–Trinajstić information content (AvgIpc) is 2.46. The molecule has 3 heteroatoms. The SMILES string of the molecule is COc1ccc(OCc2ccc(CCl)cc2)cc1. The van der Waals surface area contributed by atoms with Crippen LogP contribution in [0.1, 0.15) is 11.1 Å². The number of ether oxygens (including phenoxy) is 2. The Labute approximate surface area is 112 Å². The minimum Gasteiger partial charge on any atom is -0.497 e. The quantitative estimate of drug-likeness (QED) is 0.758. The molecule has 0 heterocycles. The minimum atomic E-state index is 0.541. The number of halogens is 1. The fourth-order valence-corrected chi connectivity index (χ4v) is 1.74. The van der Waals surface area contributed by atoms with Gasteiger partial charge >= 0.3 is 0 Å². The molecule has 94 valence electrons. The number of methoxy groups -OCH3 is 1. The largest absolute Gasteiger partial charge is 0.497 e. The van der Waals surface area contributed by atoms with Crippen LogP contribution in [-0.4, -0.2) is 7.11 Å². The van der Waals surface area contributed by atoms with Crippen LogP contribution in [0.3, 0.4) is 0 Å². The monoisotopic (exact) mass is 262 g/mol. The summed E-state index contributed by atoms with van der Waals surface area (Å²) in [5, 5.41) is 0. The zero-order valence-corrected chi connectivity index (χ0v) is 11.0. The topological polar surface area (TPSA) is 18.5 Å². The first-order valence-electron chi connectivity index (χ1n) is 5.72. The molecule has 2 aromatic carbocycles. The highest BCUT2D eigenvalue weighted by Gasteiger charge is 1.97. The Bertz CT molecular complexity index is 429. The van der Waals surface area contributed by atoms with Gasteiger partial charge in [-0.1, -0.05) is 24.3 Å². The van der Waals surface area contributed by atoms with Crippen LogP contribution in [0.5, 0.6) is 11.5 Å². The van der Waals surface area contributed by atoms with E-state index in [0.717, 1.165) is 22.6 Å². The molecule has 0 saturated heterocycles. The van der Waals surface area contributed by atoms with Gasteiger partial charge < -0.3 is 9.47 Å². The van der Waals surface area contributed by atoms with Gasteiger partial charge in [-0.15, -0.1) is 11.6 Å². The molecule has 0 radical (unpaired) electrons. The maximum absolute atomic E-state index is 5.74. The number of benzene rings is 2. The fraction of sp³-hybridized carbons (Fsp3) is 0.200. The summed E-state index contributed by atoms with van der Waals surface area (Å²) in [5.41, 5.74) is 2.24. The van der Waals surface area contributed by atoms with Gasteiger partial charge in [-0.25, -0.2) is 0 Å². The van der Waals surface area contributed by atoms with E-state index < -0.39 is 0 Å². The standard InChI is InChI=1S/C15H15ClO2/c1-17-14-6-8-15(9-7-14)18-11-13-4-2-12(10-16)3-5-13/h2-9H,10-11H2,1H3. The average molecular weight is 263 g/mol. The summed E-state index contributed by atoms with van der Waals surface area (Å²) < 4.78 is 10.8. The normalized spacial score (nSPS) is 10.1. The molecule has 0 bridgehead atoms. The summed E-state index contributed by atoms with van der Waals surface area (Å²) in [6.45, 7) is 0.550. The second-order valence-electron chi connectivity index (χ2n) is 3.91. The summed E-state index contributed by atoms with van der Waals surface area (Å²) >= 11 is 5.74. The zero-order valence-electron chi connectivity index (χ0n) is 10.2. The van der Waals surface area contributed by atoms with Crippen LogP contribution in [0.4, 0.5) is 0 Å². The number of hydrogen-bond acceptors (Lipinski definition) is 2. The van der Waals surface area contributed by atoms with Crippen LogP contribution < -0.4 is 9.47 Å². The number of hydrogen-bond donors (Lipinski definition) is 0. The van der Waals surface area contributed by atoms with E-state index in [4.69, 9.17) is 21.1 Å². The molecule has 0 aliphatic rings. The van der Waals surface area contributed by atoms with Crippen molar-refractivity contribution in [2.24, 2.45) is 0 Å². The second kappa shape index (κ2) is 6.31. The van der Waals surface area contributed by atoms with E-state index in [1.807, 2.05) is 48.5 Å². The molecule has 0 aromatic heterocycles. The van der Waals surface area contributed by atoms with Crippen LogP contribution in [0, 0.1) is 0 Å². The lowest BCUT2D eigenvalue weighted by molar-refractivity contribution is 0.305. The lowest BCUT2D eigenvalue weighted by Crippen LogP contribution is -1.95. The lowest BCUT2D eigenvalue weighted by atomic mass is 10.2. The van der Waals surface area contributed by atoms with Crippen molar-refractivity contribution in [2.75, 3.05) is 7.11 Å². The molecule has 2 aromatic rings. The predicted octanol–water partition coefficient (Wildman–Crippen LogP) is 4.01. The van der Waals surface area contributed by atoms with Crippen molar-refractivity contribution in [3.63, 3.8) is 0 Å². The first-order chi connectivity index (χ1) is 8.81. The van der Waals surface area contributed by atoms with Gasteiger partial charge in [-0.3, -0.25) is 0 Å². The van der Waals surface area contributed by atoms with Crippen molar-refractivity contribution in [3.8, 4) is 11.5 Å². The van der Waals surface area contributed by atoms with Gasteiger partial charge in [0.05, 0.1) is 7.11 Å². The van der Waals surface area contributed by atoms with Gasteiger partial charge in [0.1, 0.15) is 18.1 Å². The van der Waals surface area contributed by atoms with Crippen molar-refractivity contribution >= 4 is 11.6 Å². The Morgan fingerprint density at radius 3 is 1.94 bits per heavy atom. The predicted molar refractivity (Wildman–Crippen MR) is 73.3 cm³/mol. The summed E-state index contributed by atoms with van der Waals surface area (Å²) in [6.07, 6.45) is 0. The highest BCUT2D eigenvalue weighted by atomic mass is 35.5. The van der Waals surface area contributed by atoms with Gasteiger partial charge in [0.25, 0.3) is 0 Å². The van der Waals surface area contributed by atoms with E-state index in [1.165, 1.54) is 0 Å². The molecule has 0 saturated carbocycles. The third-order valence-corrected chi connectivity index (χ3v) is 2.95. The molecule has 0 atom stereocenters. The second-order valence-corrected chi connectivity index (χ2v) is 4.18. The Morgan fingerprint density at radius 2 is 1.39 bits per heavy atom. The van der Waals surface area contributed by atoms with Crippen LogP contribution in [0.25, 0.3) is 0 Å². The van der Waals surface area contributed by atoms with Crippen molar-refractivity contribution in [1.29, 1.82) is 0 Å². The van der Waals surface area contributed by atoms with Gasteiger partial charge in [0.2, 0.25) is 0 Å². The van der Waals surface area contributed by atoms with Crippen molar-refractivity contribution in [1.82, 2.24) is 0 Å². The van der Waals surface area contributed by atoms with Gasteiger partial charge in [-0.2, -0.15) is 0 Å². The molecule has 0 amide bonds. The van der Waals surface area contributed by atoms with Crippen molar-refractivity contribution in [3.05, 3.63) is 59.7 Å². The third-order valence-electron chi connectivity index (χ3n) is 2.64. The molecule has 0 fully saturated rings. The first kappa shape index (κ1) is 12.8. The number of alkyl halides is 1. The molecular weight excluding hydrogens is 248 g/mol. The first-order valence-corrected chi connectivity index (χ1v) is 6.26. The van der Waals surface area contributed by atoms with E-state index in [1.54, 1.807) is 7.11 Å². The highest BCUT2D eigenvalue weighted by molar-refractivity contribution is 6.17. The van der Waals surface area contributed by atoms with Crippen LogP contribution in [-0.2, 0) is 12.5 Å². The van der Waals surface area contributed by atoms with Crippen molar-refractivity contribution < 1.29 is 9.47 Å². The van der Waals surface area contributed by atoms with E-state index >= 15 is 0 Å². The van der Waals surface area contributed by atoms with E-state index in [2.05, 4.69) is 0 Å². The Hall–Kier alpha value is -1.67. The highest BCUT2D eigenvalue weighted by Crippen LogP contribution is 2.18. The van der Waals surface area contributed by atoms with Crippen molar-refractivity contribution in [2.45, 2.75) is 12.5 Å². The zero-order chi connectivity index (χ0) is 12.8. The summed E-state index contributed by atoms with van der Waals surface area (Å²) in [4.78, 5) is 0. The molecule has 18 heavy (non-hydrogen) atoms. The van der Waals surface area contributed by atoms with Gasteiger partial charge in [0, 0.05) is 5.88 Å². The Kier molecular flexibility index (Phi) is 4.48. The van der Waals surface area contributed by atoms with E-state index in [-0.39, 0.29) is 0 Å². The van der Waals surface area contributed by atoms with Gasteiger partial charge in [-0.05, 0) is 35.4 Å². The van der Waals surface area contributed by atoms with Crippen LogP contribution in [0.2, 0.25) is 0 Å². The maximum atomic E-state index is 5.74. The Balaban J connectivity index is 1.93. The molecule has 2 nitrogen and oxygen atoms in total. The molecule has 0 unspecified atom stereocenters. The molecule has 0 aliphatic carbocycles. The summed E-state index contributed by atoms with van der Waals surface area (Å²) in [7, 11) is 1.65. The molecular formula is C15H15ClO2. The lowest BCUT2D eigenvalue weighted by Gasteiger charge is -2.07. The number of rotatable bonds is 5. The van der Waals surface area contributed by atoms with Crippen LogP contribution >= 0.6 is 11.6 Å². The summed E-state index contributed by atoms with van der Waals surface area (Å²) in [6, 6.07) is 15.6. The van der Waals surface area contributed by atoms with Crippen LogP contribution in [0.15, 0.2) is 48.5 Å². The van der Waals surface area contributed by atoms with E-state index in [0.29, 0.717) is 12.5 Å². The molecule has 0 N–H and O–H groups in total. The third kappa shape index (κ3) is 3.41. The maximum Gasteiger partial charge on any atom is 0.120 e. The molecule has 0 aliphatic heterocycles. The fourth-order valence-electron chi connectivity index (χ4n) is 1.56. The van der Waals surface area contributed by atoms with Gasteiger partial charge in [0.15, 0.2) is 0 Å². The molecule has 2 rings (SSSR count). The summed E-state index contributed by atoms with van der Waals surface area (Å²) in [5.74, 6) is 2.20. The van der Waals surface area contributed by atoms with E-state index in [9.17, 15) is 0 Å². The smallest absolute Gasteiger partial charge is 0.120 e. The Morgan fingerprint density at radius 1 is 0.833 bits per heavy atom. The minimum absolute atomic E-state index is 0.541. The molecule has 0 spiro atoms.